The van der Waals surface area contributed by atoms with E-state index in [9.17, 15) is 4.79 Å². The highest BCUT2D eigenvalue weighted by Crippen LogP contribution is 2.31. The number of carbonyl (C=O) groups excluding carboxylic acids is 1. The van der Waals surface area contributed by atoms with Crippen LogP contribution in [0.1, 0.15) is 19.8 Å². The van der Waals surface area contributed by atoms with Crippen LogP contribution in [-0.4, -0.2) is 38.4 Å². The summed E-state index contributed by atoms with van der Waals surface area (Å²) >= 11 is 0. The number of nitrogen functional groups attached to an aromatic ring is 1. The first-order chi connectivity index (χ1) is 10.2. The molecule has 0 atom stereocenters. The van der Waals surface area contributed by atoms with Gasteiger partial charge in [0.2, 0.25) is 0 Å². The molecule has 0 unspecified atom stereocenters. The number of hydrogen-bond acceptors (Lipinski definition) is 6. The molecule has 1 aliphatic heterocycles. The lowest BCUT2D eigenvalue weighted by atomic mass is 10.1. The van der Waals surface area contributed by atoms with Crippen molar-refractivity contribution < 1.29 is 19.0 Å². The molecule has 0 radical (unpaired) electrons. The molecule has 1 fully saturated rings. The van der Waals surface area contributed by atoms with Gasteiger partial charge in [-0.2, -0.15) is 0 Å². The lowest BCUT2D eigenvalue weighted by Crippen LogP contribution is -2.34. The molecule has 1 aromatic carbocycles. The first kappa shape index (κ1) is 15.4. The van der Waals surface area contributed by atoms with E-state index in [1.165, 1.54) is 0 Å². The second-order valence-corrected chi connectivity index (χ2v) is 4.87. The Labute approximate surface area is 124 Å². The van der Waals surface area contributed by atoms with Crippen LogP contribution in [0, 0.1) is 0 Å². The number of hydrogen-bond donors (Lipinski definition) is 2. The van der Waals surface area contributed by atoms with Gasteiger partial charge in [0.05, 0.1) is 6.61 Å². The van der Waals surface area contributed by atoms with Crippen LogP contribution in [0.2, 0.25) is 0 Å². The van der Waals surface area contributed by atoms with Gasteiger partial charge in [-0.1, -0.05) is 0 Å². The molecule has 0 aromatic heterocycles. The normalized spacial score (nSPS) is 15.5. The number of ether oxygens (including phenoxy) is 3. The van der Waals surface area contributed by atoms with Gasteiger partial charge in [-0.25, -0.2) is 4.79 Å². The largest absolute Gasteiger partial charge is 0.486 e. The highest BCUT2D eigenvalue weighted by Gasteiger charge is 2.17. The van der Waals surface area contributed by atoms with Crippen molar-refractivity contribution >= 4 is 11.7 Å². The van der Waals surface area contributed by atoms with Crippen LogP contribution in [0.3, 0.4) is 0 Å². The molecule has 0 spiro atoms. The SMILES string of the molecule is CCOC(=O)COc1cc(N)ccc1OC1CCNCC1. The molecule has 1 saturated heterocycles. The smallest absolute Gasteiger partial charge is 0.344 e. The van der Waals surface area contributed by atoms with E-state index in [-0.39, 0.29) is 12.7 Å². The Morgan fingerprint density at radius 1 is 1.33 bits per heavy atom. The highest BCUT2D eigenvalue weighted by molar-refractivity contribution is 5.71. The van der Waals surface area contributed by atoms with Crippen LogP contribution >= 0.6 is 0 Å². The molecule has 3 N–H and O–H groups in total. The van der Waals surface area contributed by atoms with E-state index >= 15 is 0 Å². The van der Waals surface area contributed by atoms with Crippen molar-refractivity contribution in [1.82, 2.24) is 5.32 Å². The topological polar surface area (TPSA) is 82.8 Å². The summed E-state index contributed by atoms with van der Waals surface area (Å²) in [5.41, 5.74) is 6.33. The zero-order valence-corrected chi connectivity index (χ0v) is 12.3. The molecule has 0 bridgehead atoms. The molecule has 0 aliphatic carbocycles. The van der Waals surface area contributed by atoms with Gasteiger partial charge in [-0.15, -0.1) is 0 Å². The molecular formula is C15H22N2O4. The molecular weight excluding hydrogens is 272 g/mol. The molecule has 6 heteroatoms. The number of anilines is 1. The van der Waals surface area contributed by atoms with Crippen molar-refractivity contribution in [1.29, 1.82) is 0 Å². The van der Waals surface area contributed by atoms with Crippen molar-refractivity contribution in [3.63, 3.8) is 0 Å². The van der Waals surface area contributed by atoms with Crippen LogP contribution in [0.25, 0.3) is 0 Å². The van der Waals surface area contributed by atoms with Crippen molar-refractivity contribution in [2.45, 2.75) is 25.9 Å². The van der Waals surface area contributed by atoms with Crippen LogP contribution in [0.15, 0.2) is 18.2 Å². The Morgan fingerprint density at radius 2 is 2.10 bits per heavy atom. The molecule has 116 valence electrons. The maximum Gasteiger partial charge on any atom is 0.344 e. The third kappa shape index (κ3) is 4.82. The number of nitrogens with two attached hydrogens (primary N) is 1. The molecule has 1 aromatic rings. The Bertz CT molecular complexity index is 473. The van der Waals surface area contributed by atoms with E-state index in [0.717, 1.165) is 25.9 Å². The molecule has 2 rings (SSSR count). The minimum atomic E-state index is -0.409. The van der Waals surface area contributed by atoms with Gasteiger partial charge in [-0.3, -0.25) is 0 Å². The first-order valence-electron chi connectivity index (χ1n) is 7.24. The minimum Gasteiger partial charge on any atom is -0.486 e. The summed E-state index contributed by atoms with van der Waals surface area (Å²) in [6.07, 6.45) is 2.04. The summed E-state index contributed by atoms with van der Waals surface area (Å²) in [6, 6.07) is 5.20. The maximum atomic E-state index is 11.4. The van der Waals surface area contributed by atoms with E-state index < -0.39 is 5.97 Å². The van der Waals surface area contributed by atoms with Crippen LogP contribution in [0.4, 0.5) is 5.69 Å². The second kappa shape index (κ2) is 7.73. The van der Waals surface area contributed by atoms with Crippen molar-refractivity contribution in [3.8, 4) is 11.5 Å². The van der Waals surface area contributed by atoms with Gasteiger partial charge in [0.15, 0.2) is 18.1 Å². The second-order valence-electron chi connectivity index (χ2n) is 4.87. The maximum absolute atomic E-state index is 11.4. The number of rotatable bonds is 6. The van der Waals surface area contributed by atoms with E-state index in [1.54, 1.807) is 25.1 Å². The number of benzene rings is 1. The zero-order valence-electron chi connectivity index (χ0n) is 12.3. The van der Waals surface area contributed by atoms with Gasteiger partial charge in [-0.05, 0) is 45.0 Å². The predicted octanol–water partition coefficient (Wildman–Crippen LogP) is 1.34. The Hall–Kier alpha value is -1.95. The van der Waals surface area contributed by atoms with Crippen LogP contribution in [-0.2, 0) is 9.53 Å². The number of piperidine rings is 1. The summed E-state index contributed by atoms with van der Waals surface area (Å²) in [7, 11) is 0. The Morgan fingerprint density at radius 3 is 2.81 bits per heavy atom. The van der Waals surface area contributed by atoms with Gasteiger partial charge in [0.1, 0.15) is 6.10 Å². The fourth-order valence-corrected chi connectivity index (χ4v) is 2.17. The van der Waals surface area contributed by atoms with E-state index in [0.29, 0.717) is 23.8 Å². The number of nitrogens with one attached hydrogen (secondary N) is 1. The Balaban J connectivity index is 2.00. The van der Waals surface area contributed by atoms with Gasteiger partial charge >= 0.3 is 5.97 Å². The van der Waals surface area contributed by atoms with Crippen LogP contribution in [0.5, 0.6) is 11.5 Å². The summed E-state index contributed by atoms with van der Waals surface area (Å²) in [5.74, 6) is 0.676. The monoisotopic (exact) mass is 294 g/mol. The standard InChI is InChI=1S/C15H22N2O4/c1-2-19-15(18)10-20-14-9-11(16)3-4-13(14)21-12-5-7-17-8-6-12/h3-4,9,12,17H,2,5-8,10,16H2,1H3. The van der Waals surface area contributed by atoms with Crippen molar-refractivity contribution in [3.05, 3.63) is 18.2 Å². The third-order valence-corrected chi connectivity index (χ3v) is 3.20. The van der Waals surface area contributed by atoms with Gasteiger partial charge in [0, 0.05) is 11.8 Å². The molecule has 1 heterocycles. The van der Waals surface area contributed by atoms with Crippen molar-refractivity contribution in [2.75, 3.05) is 32.0 Å². The molecule has 0 saturated carbocycles. The summed E-state index contributed by atoms with van der Waals surface area (Å²) < 4.78 is 16.3. The van der Waals surface area contributed by atoms with Gasteiger partial charge < -0.3 is 25.3 Å². The lowest BCUT2D eigenvalue weighted by Gasteiger charge is -2.25. The fourth-order valence-electron chi connectivity index (χ4n) is 2.17. The quantitative estimate of drug-likeness (QED) is 0.608. The third-order valence-electron chi connectivity index (χ3n) is 3.20. The minimum absolute atomic E-state index is 0.153. The molecule has 6 nitrogen and oxygen atoms in total. The summed E-state index contributed by atoms with van der Waals surface area (Å²) in [6.45, 7) is 3.82. The molecule has 21 heavy (non-hydrogen) atoms. The highest BCUT2D eigenvalue weighted by atomic mass is 16.6. The van der Waals surface area contributed by atoms with Crippen LogP contribution < -0.4 is 20.5 Å². The predicted molar refractivity (Wildman–Crippen MR) is 79.5 cm³/mol. The molecule has 1 aliphatic rings. The Kier molecular flexibility index (Phi) is 5.68. The average Bonchev–Trinajstić information content (AvgIpc) is 2.49. The first-order valence-corrected chi connectivity index (χ1v) is 7.24. The van der Waals surface area contributed by atoms with E-state index in [4.69, 9.17) is 19.9 Å². The zero-order chi connectivity index (χ0) is 15.1. The average molecular weight is 294 g/mol. The number of esters is 1. The lowest BCUT2D eigenvalue weighted by molar-refractivity contribution is -0.145. The summed E-state index contributed by atoms with van der Waals surface area (Å²) in [5, 5.41) is 3.29. The van der Waals surface area contributed by atoms with Crippen molar-refractivity contribution in [2.24, 2.45) is 0 Å². The van der Waals surface area contributed by atoms with E-state index in [2.05, 4.69) is 5.32 Å². The number of carbonyl (C=O) groups is 1. The van der Waals surface area contributed by atoms with E-state index in [1.807, 2.05) is 0 Å². The van der Waals surface area contributed by atoms with Gasteiger partial charge in [0.25, 0.3) is 0 Å². The fraction of sp³-hybridized carbons (Fsp3) is 0.533. The summed E-state index contributed by atoms with van der Waals surface area (Å²) in [4.78, 5) is 11.4. The molecule has 0 amide bonds.